The van der Waals surface area contributed by atoms with Gasteiger partial charge in [-0.05, 0) is 38.4 Å². The molecule has 1 aliphatic rings. The zero-order chi connectivity index (χ0) is 13.8. The van der Waals surface area contributed by atoms with Crippen LogP contribution in [0, 0.1) is 5.41 Å². The zero-order valence-electron chi connectivity index (χ0n) is 11.4. The first-order chi connectivity index (χ1) is 8.40. The molecule has 104 valence electrons. The molecule has 5 heteroatoms. The summed E-state index contributed by atoms with van der Waals surface area (Å²) in [5.74, 6) is 0.171. The van der Waals surface area contributed by atoms with Crippen molar-refractivity contribution in [1.29, 1.82) is 0 Å². The van der Waals surface area contributed by atoms with Crippen molar-refractivity contribution in [3.05, 3.63) is 0 Å². The summed E-state index contributed by atoms with van der Waals surface area (Å²) >= 11 is 1.67. The molecule has 0 aromatic rings. The third-order valence-corrected chi connectivity index (χ3v) is 5.61. The van der Waals surface area contributed by atoms with Crippen LogP contribution in [0.15, 0.2) is 0 Å². The minimum Gasteiger partial charge on any atom is -0.481 e. The van der Waals surface area contributed by atoms with E-state index in [4.69, 9.17) is 0 Å². The number of aliphatic carboxylic acids is 1. The highest BCUT2D eigenvalue weighted by atomic mass is 32.2. The van der Waals surface area contributed by atoms with Gasteiger partial charge in [0.2, 0.25) is 5.91 Å². The summed E-state index contributed by atoms with van der Waals surface area (Å²) < 4.78 is -0.369. The van der Waals surface area contributed by atoms with Gasteiger partial charge in [0.05, 0.1) is 10.2 Å². The minimum atomic E-state index is -0.824. The Morgan fingerprint density at radius 2 is 2.00 bits per heavy atom. The standard InChI is InChI=1S/C13H23NO3S/c1-4-13(5-2,11(16)17)9-14-10(15)12(3)7-6-8-18-12/h4-9H2,1-3H3,(H,14,15)(H,16,17). The second-order valence-electron chi connectivity index (χ2n) is 5.16. The molecule has 1 unspecified atom stereocenters. The molecule has 2 N–H and O–H groups in total. The topological polar surface area (TPSA) is 66.4 Å². The van der Waals surface area contributed by atoms with Gasteiger partial charge < -0.3 is 10.4 Å². The van der Waals surface area contributed by atoms with Gasteiger partial charge in [0.25, 0.3) is 0 Å². The van der Waals surface area contributed by atoms with E-state index in [2.05, 4.69) is 5.32 Å². The first-order valence-electron chi connectivity index (χ1n) is 6.56. The van der Waals surface area contributed by atoms with Crippen LogP contribution < -0.4 is 5.32 Å². The SMILES string of the molecule is CCC(CC)(CNC(=O)C1(C)CCCS1)C(=O)O. The Bertz CT molecular complexity index is 320. The molecule has 0 bridgehead atoms. The summed E-state index contributed by atoms with van der Waals surface area (Å²) in [5.41, 5.74) is -0.824. The molecule has 0 aromatic carbocycles. The lowest BCUT2D eigenvalue weighted by Gasteiger charge is -2.29. The number of rotatable bonds is 6. The molecule has 18 heavy (non-hydrogen) atoms. The highest BCUT2D eigenvalue weighted by Crippen LogP contribution is 2.38. The van der Waals surface area contributed by atoms with Gasteiger partial charge in [-0.1, -0.05) is 13.8 Å². The lowest BCUT2D eigenvalue weighted by atomic mass is 9.82. The zero-order valence-corrected chi connectivity index (χ0v) is 12.2. The Kier molecular flexibility index (Phi) is 5.08. The maximum Gasteiger partial charge on any atom is 0.311 e. The Morgan fingerprint density at radius 3 is 2.39 bits per heavy atom. The number of carbonyl (C=O) groups excluding carboxylic acids is 1. The van der Waals surface area contributed by atoms with Crippen molar-refractivity contribution < 1.29 is 14.7 Å². The largest absolute Gasteiger partial charge is 0.481 e. The molecule has 1 atom stereocenters. The number of amides is 1. The fourth-order valence-corrected chi connectivity index (χ4v) is 3.50. The number of hydrogen-bond acceptors (Lipinski definition) is 3. The molecular formula is C13H23NO3S. The van der Waals surface area contributed by atoms with E-state index in [1.165, 1.54) is 0 Å². The second kappa shape index (κ2) is 5.95. The molecule has 1 saturated heterocycles. The summed E-state index contributed by atoms with van der Waals surface area (Å²) in [6, 6.07) is 0. The fourth-order valence-electron chi connectivity index (χ4n) is 2.27. The summed E-state index contributed by atoms with van der Waals surface area (Å²) in [6.07, 6.45) is 2.99. The minimum absolute atomic E-state index is 0.0162. The van der Waals surface area contributed by atoms with Crippen LogP contribution in [-0.2, 0) is 9.59 Å². The Labute approximate surface area is 113 Å². The van der Waals surface area contributed by atoms with E-state index < -0.39 is 11.4 Å². The fraction of sp³-hybridized carbons (Fsp3) is 0.846. The van der Waals surface area contributed by atoms with E-state index in [1.807, 2.05) is 20.8 Å². The van der Waals surface area contributed by atoms with E-state index in [-0.39, 0.29) is 17.2 Å². The van der Waals surface area contributed by atoms with Crippen molar-refractivity contribution in [3.8, 4) is 0 Å². The molecule has 1 aliphatic heterocycles. The smallest absolute Gasteiger partial charge is 0.311 e. The van der Waals surface area contributed by atoms with Crippen molar-refractivity contribution in [2.45, 2.75) is 51.2 Å². The quantitative estimate of drug-likeness (QED) is 0.779. The number of hydrogen-bond donors (Lipinski definition) is 2. The molecule has 0 spiro atoms. The molecule has 0 saturated carbocycles. The van der Waals surface area contributed by atoms with Crippen LogP contribution in [0.25, 0.3) is 0 Å². The average Bonchev–Trinajstić information content (AvgIpc) is 2.79. The normalized spacial score (nSPS) is 23.9. The number of carboxylic acids is 1. The van der Waals surface area contributed by atoms with E-state index in [1.54, 1.807) is 11.8 Å². The van der Waals surface area contributed by atoms with E-state index in [9.17, 15) is 14.7 Å². The predicted octanol–water partition coefficient (Wildman–Crippen LogP) is 2.28. The number of carboxylic acid groups (broad SMARTS) is 1. The van der Waals surface area contributed by atoms with Gasteiger partial charge in [0.15, 0.2) is 0 Å². The van der Waals surface area contributed by atoms with Crippen LogP contribution in [0.3, 0.4) is 0 Å². The maximum atomic E-state index is 12.1. The van der Waals surface area contributed by atoms with Crippen molar-refractivity contribution in [2.24, 2.45) is 5.41 Å². The van der Waals surface area contributed by atoms with Gasteiger partial charge >= 0.3 is 5.97 Å². The van der Waals surface area contributed by atoms with Gasteiger partial charge in [0, 0.05) is 6.54 Å². The van der Waals surface area contributed by atoms with Crippen molar-refractivity contribution in [3.63, 3.8) is 0 Å². The Hall–Kier alpha value is -0.710. The van der Waals surface area contributed by atoms with Gasteiger partial charge in [-0.3, -0.25) is 9.59 Å². The lowest BCUT2D eigenvalue weighted by Crippen LogP contribution is -2.47. The highest BCUT2D eigenvalue weighted by molar-refractivity contribution is 8.01. The number of nitrogens with one attached hydrogen (secondary N) is 1. The van der Waals surface area contributed by atoms with E-state index >= 15 is 0 Å². The van der Waals surface area contributed by atoms with Crippen LogP contribution in [-0.4, -0.2) is 34.0 Å². The molecule has 1 amide bonds. The van der Waals surface area contributed by atoms with Crippen LogP contribution in [0.2, 0.25) is 0 Å². The second-order valence-corrected chi connectivity index (χ2v) is 6.76. The van der Waals surface area contributed by atoms with Crippen molar-refractivity contribution in [1.82, 2.24) is 5.32 Å². The average molecular weight is 273 g/mol. The van der Waals surface area contributed by atoms with Crippen LogP contribution in [0.5, 0.6) is 0 Å². The molecule has 1 fully saturated rings. The molecule has 1 rings (SSSR count). The third-order valence-electron chi connectivity index (χ3n) is 4.09. The summed E-state index contributed by atoms with van der Waals surface area (Å²) in [6.45, 7) is 5.89. The van der Waals surface area contributed by atoms with E-state index in [0.717, 1.165) is 18.6 Å². The maximum absolute atomic E-state index is 12.1. The third kappa shape index (κ3) is 2.99. The first-order valence-corrected chi connectivity index (χ1v) is 7.54. The lowest BCUT2D eigenvalue weighted by molar-refractivity contribution is -0.149. The van der Waals surface area contributed by atoms with Crippen LogP contribution in [0.1, 0.15) is 46.5 Å². The molecule has 0 aliphatic carbocycles. The van der Waals surface area contributed by atoms with Crippen LogP contribution in [0.4, 0.5) is 0 Å². The van der Waals surface area contributed by atoms with Gasteiger partial charge in [-0.15, -0.1) is 11.8 Å². The number of carbonyl (C=O) groups is 2. The molecule has 0 aromatic heterocycles. The Morgan fingerprint density at radius 1 is 1.39 bits per heavy atom. The van der Waals surface area contributed by atoms with Gasteiger partial charge in [0.1, 0.15) is 0 Å². The first kappa shape index (κ1) is 15.3. The van der Waals surface area contributed by atoms with E-state index in [0.29, 0.717) is 12.8 Å². The van der Waals surface area contributed by atoms with Crippen LogP contribution >= 0.6 is 11.8 Å². The monoisotopic (exact) mass is 273 g/mol. The summed E-state index contributed by atoms with van der Waals surface area (Å²) in [4.78, 5) is 23.5. The molecule has 4 nitrogen and oxygen atoms in total. The molecule has 1 heterocycles. The predicted molar refractivity (Wildman–Crippen MR) is 73.8 cm³/mol. The summed E-state index contributed by atoms with van der Waals surface area (Å²) in [7, 11) is 0. The highest BCUT2D eigenvalue weighted by Gasteiger charge is 2.40. The number of thioether (sulfide) groups is 1. The van der Waals surface area contributed by atoms with Gasteiger partial charge in [-0.2, -0.15) is 0 Å². The summed E-state index contributed by atoms with van der Waals surface area (Å²) in [5, 5.41) is 12.2. The molecular weight excluding hydrogens is 250 g/mol. The molecule has 0 radical (unpaired) electrons. The Balaban J connectivity index is 2.63. The van der Waals surface area contributed by atoms with Crippen molar-refractivity contribution >= 4 is 23.6 Å². The van der Waals surface area contributed by atoms with Gasteiger partial charge in [-0.25, -0.2) is 0 Å². The van der Waals surface area contributed by atoms with Crippen molar-refractivity contribution in [2.75, 3.05) is 12.3 Å².